The zero-order valence-corrected chi connectivity index (χ0v) is 15.0. The minimum absolute atomic E-state index is 0.237. The van der Waals surface area contributed by atoms with Gasteiger partial charge in [-0.1, -0.05) is 48.5 Å². The lowest BCUT2D eigenvalue weighted by atomic mass is 10.0. The highest BCUT2D eigenvalue weighted by molar-refractivity contribution is 5.87. The van der Waals surface area contributed by atoms with Crippen LogP contribution in [0, 0.1) is 5.92 Å². The molecule has 3 heteroatoms. The number of benzene rings is 2. The predicted molar refractivity (Wildman–Crippen MR) is 104 cm³/mol. The summed E-state index contributed by atoms with van der Waals surface area (Å²) in [7, 11) is 0. The molecule has 1 aliphatic heterocycles. The van der Waals surface area contributed by atoms with Crippen LogP contribution in [0.25, 0.3) is 10.9 Å². The van der Waals surface area contributed by atoms with Crippen LogP contribution in [0.4, 0.5) is 0 Å². The van der Waals surface area contributed by atoms with Crippen molar-refractivity contribution in [3.8, 4) is 0 Å². The van der Waals surface area contributed by atoms with Gasteiger partial charge in [0.25, 0.3) is 0 Å². The zero-order valence-electron chi connectivity index (χ0n) is 15.0. The largest absolute Gasteiger partial charge is 0.344 e. The highest BCUT2D eigenvalue weighted by Gasteiger charge is 2.29. The maximum absolute atomic E-state index is 12.8. The molecule has 0 N–H and O–H groups in total. The number of carbonyl (C=O) groups excluding carboxylic acids is 1. The third-order valence-corrected chi connectivity index (χ3v) is 5.85. The van der Waals surface area contributed by atoms with E-state index in [9.17, 15) is 4.79 Å². The molecule has 132 valence electrons. The molecule has 1 amide bonds. The van der Waals surface area contributed by atoms with Crippen molar-refractivity contribution in [2.24, 2.45) is 5.92 Å². The first-order chi connectivity index (χ1) is 12.8. The van der Waals surface area contributed by atoms with Gasteiger partial charge in [-0.15, -0.1) is 0 Å². The molecular formula is C23H24N2O. The Bertz CT molecular complexity index is 953. The number of hydrogen-bond acceptors (Lipinski definition) is 1. The van der Waals surface area contributed by atoms with Gasteiger partial charge in [0.05, 0.1) is 6.42 Å². The molecule has 1 saturated carbocycles. The fourth-order valence-corrected chi connectivity index (χ4v) is 4.26. The summed E-state index contributed by atoms with van der Waals surface area (Å²) in [6.07, 6.45) is 4.19. The second kappa shape index (κ2) is 6.31. The molecule has 2 heterocycles. The lowest BCUT2D eigenvalue weighted by Crippen LogP contribution is -2.37. The van der Waals surface area contributed by atoms with Crippen molar-refractivity contribution < 1.29 is 4.79 Å². The zero-order chi connectivity index (χ0) is 17.5. The highest BCUT2D eigenvalue weighted by atomic mass is 16.2. The fourth-order valence-electron chi connectivity index (χ4n) is 4.26. The van der Waals surface area contributed by atoms with Crippen LogP contribution in [0.15, 0.2) is 54.6 Å². The summed E-state index contributed by atoms with van der Waals surface area (Å²) < 4.78 is 2.54. The van der Waals surface area contributed by atoms with Gasteiger partial charge in [0.2, 0.25) is 5.91 Å². The maximum Gasteiger partial charge on any atom is 0.227 e. The third kappa shape index (κ3) is 2.82. The predicted octanol–water partition coefficient (Wildman–Crippen LogP) is 4.18. The third-order valence-electron chi connectivity index (χ3n) is 5.85. The fraction of sp³-hybridized carbons (Fsp3) is 0.348. The maximum atomic E-state index is 12.8. The Balaban J connectivity index is 1.44. The molecule has 0 saturated heterocycles. The number of aromatic nitrogens is 1. The molecule has 5 rings (SSSR count). The molecule has 1 aromatic heterocycles. The van der Waals surface area contributed by atoms with Crippen LogP contribution in [0.2, 0.25) is 0 Å². The lowest BCUT2D eigenvalue weighted by Gasteiger charge is -2.28. The topological polar surface area (TPSA) is 25.2 Å². The average molecular weight is 344 g/mol. The summed E-state index contributed by atoms with van der Waals surface area (Å²) >= 11 is 0. The number of amides is 1. The number of rotatable bonds is 4. The Morgan fingerprint density at radius 1 is 1.00 bits per heavy atom. The number of fused-ring (bicyclic) bond motifs is 3. The van der Waals surface area contributed by atoms with Gasteiger partial charge in [-0.2, -0.15) is 0 Å². The molecule has 3 aromatic rings. The Morgan fingerprint density at radius 3 is 2.58 bits per heavy atom. The number of nitrogens with zero attached hydrogens (tertiary/aromatic N) is 2. The minimum atomic E-state index is 0.237. The van der Waals surface area contributed by atoms with Gasteiger partial charge in [-0.25, -0.2) is 0 Å². The number of carbonyl (C=O) groups is 1. The Labute approximate surface area is 154 Å². The SMILES string of the molecule is O=C(Cc1ccccc1)N1CCc2c(c3ccccc3n2CC2CC2)C1. The summed E-state index contributed by atoms with van der Waals surface area (Å²) in [5, 5.41) is 1.33. The molecule has 0 unspecified atom stereocenters. The van der Waals surface area contributed by atoms with Crippen LogP contribution in [0.5, 0.6) is 0 Å². The van der Waals surface area contributed by atoms with E-state index >= 15 is 0 Å². The van der Waals surface area contributed by atoms with Crippen molar-refractivity contribution in [2.75, 3.05) is 6.54 Å². The monoisotopic (exact) mass is 344 g/mol. The first-order valence-corrected chi connectivity index (χ1v) is 9.70. The van der Waals surface area contributed by atoms with Crippen molar-refractivity contribution in [3.63, 3.8) is 0 Å². The lowest BCUT2D eigenvalue weighted by molar-refractivity contribution is -0.131. The molecule has 0 atom stereocenters. The molecule has 3 nitrogen and oxygen atoms in total. The van der Waals surface area contributed by atoms with Crippen LogP contribution < -0.4 is 0 Å². The summed E-state index contributed by atoms with van der Waals surface area (Å²) in [6.45, 7) is 2.73. The van der Waals surface area contributed by atoms with E-state index in [1.807, 2.05) is 35.2 Å². The van der Waals surface area contributed by atoms with Crippen molar-refractivity contribution in [3.05, 3.63) is 71.4 Å². The van der Waals surface area contributed by atoms with Gasteiger partial charge < -0.3 is 9.47 Å². The molecule has 1 fully saturated rings. The van der Waals surface area contributed by atoms with Gasteiger partial charge in [0.1, 0.15) is 0 Å². The van der Waals surface area contributed by atoms with Crippen LogP contribution in [0.1, 0.15) is 29.7 Å². The highest BCUT2D eigenvalue weighted by Crippen LogP contribution is 2.36. The summed E-state index contributed by atoms with van der Waals surface area (Å²) in [4.78, 5) is 14.9. The smallest absolute Gasteiger partial charge is 0.227 e. The Morgan fingerprint density at radius 2 is 1.77 bits per heavy atom. The molecule has 26 heavy (non-hydrogen) atoms. The van der Waals surface area contributed by atoms with Gasteiger partial charge in [0.15, 0.2) is 0 Å². The van der Waals surface area contributed by atoms with Gasteiger partial charge in [-0.3, -0.25) is 4.79 Å². The van der Waals surface area contributed by atoms with E-state index in [4.69, 9.17) is 0 Å². The molecule has 0 radical (unpaired) electrons. The van der Waals surface area contributed by atoms with Crippen LogP contribution in [-0.2, 0) is 30.7 Å². The van der Waals surface area contributed by atoms with Gasteiger partial charge >= 0.3 is 0 Å². The van der Waals surface area contributed by atoms with Crippen molar-refractivity contribution >= 4 is 16.8 Å². The minimum Gasteiger partial charge on any atom is -0.344 e. The van der Waals surface area contributed by atoms with Crippen molar-refractivity contribution in [1.29, 1.82) is 0 Å². The molecule has 0 spiro atoms. The standard InChI is InChI=1S/C23H24N2O/c26-23(14-17-6-2-1-3-7-17)24-13-12-22-20(16-24)19-8-4-5-9-21(19)25(22)15-18-10-11-18/h1-9,18H,10-16H2. The van der Waals surface area contributed by atoms with Crippen LogP contribution in [0.3, 0.4) is 0 Å². The molecule has 2 aliphatic rings. The Hall–Kier alpha value is -2.55. The molecule has 1 aliphatic carbocycles. The van der Waals surface area contributed by atoms with E-state index in [1.54, 1.807) is 0 Å². The van der Waals surface area contributed by atoms with Crippen molar-refractivity contribution in [1.82, 2.24) is 9.47 Å². The Kier molecular flexibility index (Phi) is 3.81. The second-order valence-corrected chi connectivity index (χ2v) is 7.72. The summed E-state index contributed by atoms with van der Waals surface area (Å²) in [5.41, 5.74) is 5.27. The quantitative estimate of drug-likeness (QED) is 0.697. The number of hydrogen-bond donors (Lipinski definition) is 0. The first kappa shape index (κ1) is 15.7. The normalized spacial score (nSPS) is 16.7. The number of para-hydroxylation sites is 1. The van der Waals surface area contributed by atoms with E-state index in [0.29, 0.717) is 6.42 Å². The first-order valence-electron chi connectivity index (χ1n) is 9.70. The van der Waals surface area contributed by atoms with E-state index in [-0.39, 0.29) is 5.91 Å². The molecular weight excluding hydrogens is 320 g/mol. The van der Waals surface area contributed by atoms with Crippen molar-refractivity contribution in [2.45, 2.75) is 38.8 Å². The summed E-state index contributed by atoms with van der Waals surface area (Å²) in [5.74, 6) is 1.09. The van der Waals surface area contributed by atoms with E-state index in [0.717, 1.165) is 37.5 Å². The van der Waals surface area contributed by atoms with Gasteiger partial charge in [-0.05, 0) is 30.4 Å². The van der Waals surface area contributed by atoms with E-state index in [2.05, 4.69) is 28.8 Å². The molecule has 0 bridgehead atoms. The van der Waals surface area contributed by atoms with E-state index in [1.165, 1.54) is 35.0 Å². The molecule has 2 aromatic carbocycles. The van der Waals surface area contributed by atoms with Crippen LogP contribution >= 0.6 is 0 Å². The second-order valence-electron chi connectivity index (χ2n) is 7.72. The van der Waals surface area contributed by atoms with E-state index < -0.39 is 0 Å². The summed E-state index contributed by atoms with van der Waals surface area (Å²) in [6, 6.07) is 18.8. The van der Waals surface area contributed by atoms with Crippen LogP contribution in [-0.4, -0.2) is 21.9 Å². The average Bonchev–Trinajstić information content (AvgIpc) is 3.45. The van der Waals surface area contributed by atoms with Gasteiger partial charge in [0, 0.05) is 48.2 Å².